The summed E-state index contributed by atoms with van der Waals surface area (Å²) < 4.78 is 0. The van der Waals surface area contributed by atoms with Crippen molar-refractivity contribution in [1.82, 2.24) is 0 Å². The molecule has 0 bridgehead atoms. The topological polar surface area (TPSA) is 0 Å². The molecule has 10 heavy (non-hydrogen) atoms. The fourth-order valence-electron chi connectivity index (χ4n) is 1.88. The molecule has 0 heteroatoms. The van der Waals surface area contributed by atoms with Crippen LogP contribution in [0.1, 0.15) is 40.0 Å². The second-order valence-corrected chi connectivity index (χ2v) is 3.52. The van der Waals surface area contributed by atoms with E-state index >= 15 is 0 Å². The fraction of sp³-hybridized carbons (Fsp3) is 0.800. The zero-order chi connectivity index (χ0) is 7.56. The lowest BCUT2D eigenvalue weighted by molar-refractivity contribution is 0.349. The summed E-state index contributed by atoms with van der Waals surface area (Å²) in [6.07, 6.45) is 6.49. The first-order valence-corrected chi connectivity index (χ1v) is 4.40. The van der Waals surface area contributed by atoms with Crippen LogP contribution in [-0.2, 0) is 0 Å². The molecule has 0 nitrogen and oxygen atoms in total. The Morgan fingerprint density at radius 1 is 1.40 bits per heavy atom. The van der Waals surface area contributed by atoms with Crippen LogP contribution in [0.2, 0.25) is 0 Å². The van der Waals surface area contributed by atoms with Crippen LogP contribution in [0.5, 0.6) is 0 Å². The lowest BCUT2D eigenvalue weighted by Crippen LogP contribution is -2.15. The molecule has 0 aromatic carbocycles. The third kappa shape index (κ3) is 1.42. The average molecular weight is 138 g/mol. The van der Waals surface area contributed by atoms with Crippen molar-refractivity contribution >= 4 is 0 Å². The largest absolute Gasteiger partial charge is 0.0882 e. The van der Waals surface area contributed by atoms with E-state index in [1.54, 1.807) is 5.57 Å². The van der Waals surface area contributed by atoms with Gasteiger partial charge in [-0.15, -0.1) is 0 Å². The zero-order valence-corrected chi connectivity index (χ0v) is 7.35. The van der Waals surface area contributed by atoms with E-state index in [2.05, 4.69) is 26.8 Å². The summed E-state index contributed by atoms with van der Waals surface area (Å²) in [6, 6.07) is 0. The second-order valence-electron chi connectivity index (χ2n) is 3.52. The van der Waals surface area contributed by atoms with Gasteiger partial charge in [-0.25, -0.2) is 0 Å². The Morgan fingerprint density at radius 2 is 2.10 bits per heavy atom. The molecule has 1 rings (SSSR count). The maximum Gasteiger partial charge on any atom is -0.0206 e. The summed E-state index contributed by atoms with van der Waals surface area (Å²) in [5.74, 6) is 1.76. The van der Waals surface area contributed by atoms with Gasteiger partial charge >= 0.3 is 0 Å². The van der Waals surface area contributed by atoms with Crippen LogP contribution in [-0.4, -0.2) is 0 Å². The van der Waals surface area contributed by atoms with Crippen LogP contribution < -0.4 is 0 Å². The molecule has 2 atom stereocenters. The SMILES string of the molecule is C/C=C1\CCC[C@@H](C)[C@H]1C. The van der Waals surface area contributed by atoms with Gasteiger partial charge in [0.15, 0.2) is 0 Å². The average Bonchev–Trinajstić information content (AvgIpc) is 1.95. The molecule has 0 saturated heterocycles. The molecular weight excluding hydrogens is 120 g/mol. The Bertz CT molecular complexity index is 133. The Morgan fingerprint density at radius 3 is 2.60 bits per heavy atom. The molecule has 0 aliphatic heterocycles. The number of hydrogen-bond acceptors (Lipinski definition) is 0. The molecule has 0 heterocycles. The van der Waals surface area contributed by atoms with Crippen molar-refractivity contribution in [2.45, 2.75) is 40.0 Å². The Kier molecular flexibility index (Phi) is 2.53. The van der Waals surface area contributed by atoms with Gasteiger partial charge in [-0.2, -0.15) is 0 Å². The van der Waals surface area contributed by atoms with Crippen LogP contribution in [0.3, 0.4) is 0 Å². The minimum Gasteiger partial charge on any atom is -0.0882 e. The van der Waals surface area contributed by atoms with Crippen LogP contribution >= 0.6 is 0 Å². The second kappa shape index (κ2) is 3.23. The van der Waals surface area contributed by atoms with E-state index in [0.29, 0.717) is 0 Å². The Labute approximate surface area is 64.3 Å². The highest BCUT2D eigenvalue weighted by Crippen LogP contribution is 2.33. The van der Waals surface area contributed by atoms with Crippen molar-refractivity contribution in [3.63, 3.8) is 0 Å². The van der Waals surface area contributed by atoms with Crippen LogP contribution in [0.15, 0.2) is 11.6 Å². The molecule has 0 amide bonds. The number of allylic oxidation sites excluding steroid dienone is 2. The van der Waals surface area contributed by atoms with Gasteiger partial charge in [-0.05, 0) is 38.0 Å². The van der Waals surface area contributed by atoms with E-state index in [-0.39, 0.29) is 0 Å². The predicted molar refractivity (Wildman–Crippen MR) is 45.9 cm³/mol. The summed E-state index contributed by atoms with van der Waals surface area (Å²) in [4.78, 5) is 0. The molecule has 1 saturated carbocycles. The van der Waals surface area contributed by atoms with Gasteiger partial charge in [0.05, 0.1) is 0 Å². The normalized spacial score (nSPS) is 38.5. The molecule has 58 valence electrons. The first-order chi connectivity index (χ1) is 4.75. The van der Waals surface area contributed by atoms with E-state index in [4.69, 9.17) is 0 Å². The minimum atomic E-state index is 0.846. The summed E-state index contributed by atoms with van der Waals surface area (Å²) >= 11 is 0. The van der Waals surface area contributed by atoms with Gasteiger partial charge in [-0.3, -0.25) is 0 Å². The highest BCUT2D eigenvalue weighted by atomic mass is 14.3. The zero-order valence-electron chi connectivity index (χ0n) is 7.35. The van der Waals surface area contributed by atoms with Crippen molar-refractivity contribution in [2.75, 3.05) is 0 Å². The fourth-order valence-corrected chi connectivity index (χ4v) is 1.88. The molecule has 0 unspecified atom stereocenters. The highest BCUT2D eigenvalue weighted by Gasteiger charge is 2.20. The standard InChI is InChI=1S/C10H18/c1-4-10-7-5-6-8(2)9(10)3/h4,8-9H,5-7H2,1-3H3/b10-4+/t8-,9-/m1/s1. The van der Waals surface area contributed by atoms with E-state index in [9.17, 15) is 0 Å². The molecule has 1 fully saturated rings. The van der Waals surface area contributed by atoms with E-state index < -0.39 is 0 Å². The van der Waals surface area contributed by atoms with Gasteiger partial charge < -0.3 is 0 Å². The monoisotopic (exact) mass is 138 g/mol. The molecule has 0 N–H and O–H groups in total. The lowest BCUT2D eigenvalue weighted by Gasteiger charge is -2.28. The predicted octanol–water partition coefficient (Wildman–Crippen LogP) is 3.39. The van der Waals surface area contributed by atoms with E-state index in [1.165, 1.54) is 19.3 Å². The molecular formula is C10H18. The molecule has 0 radical (unpaired) electrons. The Balaban J connectivity index is 2.60. The summed E-state index contributed by atoms with van der Waals surface area (Å²) in [5.41, 5.74) is 1.68. The van der Waals surface area contributed by atoms with E-state index in [1.807, 2.05) is 0 Å². The third-order valence-corrected chi connectivity index (χ3v) is 2.93. The van der Waals surface area contributed by atoms with Crippen molar-refractivity contribution in [2.24, 2.45) is 11.8 Å². The first kappa shape index (κ1) is 7.84. The minimum absolute atomic E-state index is 0.846. The summed E-state index contributed by atoms with van der Waals surface area (Å²) in [5, 5.41) is 0. The third-order valence-electron chi connectivity index (χ3n) is 2.93. The van der Waals surface area contributed by atoms with Gasteiger partial charge in [0.2, 0.25) is 0 Å². The van der Waals surface area contributed by atoms with Crippen molar-refractivity contribution in [3.05, 3.63) is 11.6 Å². The number of rotatable bonds is 0. The van der Waals surface area contributed by atoms with Crippen molar-refractivity contribution in [3.8, 4) is 0 Å². The maximum atomic E-state index is 2.37. The summed E-state index contributed by atoms with van der Waals surface area (Å²) in [7, 11) is 0. The van der Waals surface area contributed by atoms with Gasteiger partial charge in [0, 0.05) is 0 Å². The summed E-state index contributed by atoms with van der Waals surface area (Å²) in [6.45, 7) is 6.90. The van der Waals surface area contributed by atoms with Crippen LogP contribution in [0, 0.1) is 11.8 Å². The van der Waals surface area contributed by atoms with Gasteiger partial charge in [0.25, 0.3) is 0 Å². The van der Waals surface area contributed by atoms with Crippen LogP contribution in [0.25, 0.3) is 0 Å². The molecule has 1 aliphatic carbocycles. The van der Waals surface area contributed by atoms with Crippen LogP contribution in [0.4, 0.5) is 0 Å². The highest BCUT2D eigenvalue weighted by molar-refractivity contribution is 5.08. The van der Waals surface area contributed by atoms with E-state index in [0.717, 1.165) is 11.8 Å². The smallest absolute Gasteiger partial charge is 0.0206 e. The first-order valence-electron chi connectivity index (χ1n) is 4.40. The maximum absolute atomic E-state index is 2.37. The quantitative estimate of drug-likeness (QED) is 0.450. The van der Waals surface area contributed by atoms with Crippen molar-refractivity contribution < 1.29 is 0 Å². The molecule has 1 aliphatic rings. The molecule has 0 aromatic heterocycles. The molecule has 0 aromatic rings. The number of hydrogen-bond donors (Lipinski definition) is 0. The van der Waals surface area contributed by atoms with Gasteiger partial charge in [0.1, 0.15) is 0 Å². The Hall–Kier alpha value is -0.260. The van der Waals surface area contributed by atoms with Crippen molar-refractivity contribution in [1.29, 1.82) is 0 Å². The van der Waals surface area contributed by atoms with Gasteiger partial charge in [-0.1, -0.05) is 25.5 Å². The molecule has 0 spiro atoms. The lowest BCUT2D eigenvalue weighted by atomic mass is 9.78.